The quantitative estimate of drug-likeness (QED) is 0.940. The third-order valence-electron chi connectivity index (χ3n) is 3.42. The number of fused-ring (bicyclic) bond motifs is 1. The van der Waals surface area contributed by atoms with Gasteiger partial charge in [-0.1, -0.05) is 11.3 Å². The second-order valence-corrected chi connectivity index (χ2v) is 8.32. The number of nitrogens with zero attached hydrogens (tertiary/aromatic N) is 2. The smallest absolute Gasteiger partial charge is 0.157 e. The lowest BCUT2D eigenvalue weighted by Gasteiger charge is -2.08. The van der Waals surface area contributed by atoms with Gasteiger partial charge in [0.05, 0.1) is 4.88 Å². The Kier molecular flexibility index (Phi) is 3.35. The molecule has 0 atom stereocenters. The van der Waals surface area contributed by atoms with E-state index in [4.69, 9.17) is 0 Å². The van der Waals surface area contributed by atoms with Crippen LogP contribution in [0.3, 0.4) is 0 Å². The maximum absolute atomic E-state index is 4.36. The SMILES string of the molecule is c1c(-c2nnc(CNC3CC3)s2)sc2c1CSCC2. The third-order valence-corrected chi connectivity index (χ3v) is 6.76. The van der Waals surface area contributed by atoms with Crippen LogP contribution in [0.4, 0.5) is 0 Å². The minimum Gasteiger partial charge on any atom is -0.308 e. The van der Waals surface area contributed by atoms with Gasteiger partial charge in [-0.25, -0.2) is 0 Å². The van der Waals surface area contributed by atoms with Crippen molar-refractivity contribution in [3.63, 3.8) is 0 Å². The fraction of sp³-hybridized carbons (Fsp3) is 0.538. The Bertz CT molecular complexity index is 562. The predicted octanol–water partition coefficient (Wildman–Crippen LogP) is 3.31. The molecule has 1 saturated carbocycles. The van der Waals surface area contributed by atoms with Crippen molar-refractivity contribution >= 4 is 34.4 Å². The van der Waals surface area contributed by atoms with E-state index in [0.29, 0.717) is 0 Å². The van der Waals surface area contributed by atoms with Gasteiger partial charge in [-0.15, -0.1) is 21.5 Å². The van der Waals surface area contributed by atoms with Gasteiger partial charge in [-0.05, 0) is 36.6 Å². The lowest BCUT2D eigenvalue weighted by Crippen LogP contribution is -2.14. The van der Waals surface area contributed by atoms with E-state index in [0.717, 1.165) is 22.6 Å². The zero-order valence-corrected chi connectivity index (χ0v) is 13.0. The van der Waals surface area contributed by atoms with E-state index in [9.17, 15) is 0 Å². The lowest BCUT2D eigenvalue weighted by atomic mass is 10.2. The van der Waals surface area contributed by atoms with Crippen LogP contribution in [0, 0.1) is 0 Å². The molecule has 0 amide bonds. The summed E-state index contributed by atoms with van der Waals surface area (Å²) >= 11 is 5.68. The van der Waals surface area contributed by atoms with Crippen LogP contribution in [0.1, 0.15) is 28.3 Å². The van der Waals surface area contributed by atoms with Gasteiger partial charge in [-0.2, -0.15) is 11.8 Å². The van der Waals surface area contributed by atoms with E-state index in [-0.39, 0.29) is 0 Å². The number of aromatic nitrogens is 2. The minimum absolute atomic E-state index is 0.735. The summed E-state index contributed by atoms with van der Waals surface area (Å²) in [5, 5.41) is 14.4. The predicted molar refractivity (Wildman–Crippen MR) is 82.9 cm³/mol. The highest BCUT2D eigenvalue weighted by atomic mass is 32.2. The van der Waals surface area contributed by atoms with Crippen LogP contribution >= 0.6 is 34.4 Å². The zero-order chi connectivity index (χ0) is 12.7. The Morgan fingerprint density at radius 1 is 1.26 bits per heavy atom. The molecular weight excluding hydrogens is 294 g/mol. The molecule has 2 aromatic rings. The molecule has 2 aromatic heterocycles. The molecule has 0 aromatic carbocycles. The van der Waals surface area contributed by atoms with Crippen molar-refractivity contribution in [2.75, 3.05) is 5.75 Å². The highest BCUT2D eigenvalue weighted by Gasteiger charge is 2.21. The van der Waals surface area contributed by atoms with E-state index >= 15 is 0 Å². The van der Waals surface area contributed by atoms with Gasteiger partial charge in [0, 0.05) is 23.2 Å². The van der Waals surface area contributed by atoms with E-state index in [1.54, 1.807) is 16.2 Å². The van der Waals surface area contributed by atoms with Gasteiger partial charge in [-0.3, -0.25) is 0 Å². The number of hydrogen-bond donors (Lipinski definition) is 1. The summed E-state index contributed by atoms with van der Waals surface area (Å²) in [6.45, 7) is 0.878. The van der Waals surface area contributed by atoms with Crippen LogP contribution in [0.15, 0.2) is 6.07 Å². The van der Waals surface area contributed by atoms with Gasteiger partial charge in [0.25, 0.3) is 0 Å². The Morgan fingerprint density at radius 3 is 3.05 bits per heavy atom. The molecule has 4 rings (SSSR count). The molecule has 1 aliphatic carbocycles. The zero-order valence-electron chi connectivity index (χ0n) is 10.5. The maximum atomic E-state index is 4.36. The largest absolute Gasteiger partial charge is 0.308 e. The first-order chi connectivity index (χ1) is 9.38. The van der Waals surface area contributed by atoms with Crippen LogP contribution < -0.4 is 5.32 Å². The fourth-order valence-corrected chi connectivity index (χ4v) is 5.40. The van der Waals surface area contributed by atoms with Crippen molar-refractivity contribution in [2.24, 2.45) is 0 Å². The number of rotatable bonds is 4. The average molecular weight is 309 g/mol. The molecule has 0 saturated heterocycles. The minimum atomic E-state index is 0.735. The topological polar surface area (TPSA) is 37.8 Å². The summed E-state index contributed by atoms with van der Waals surface area (Å²) in [7, 11) is 0. The number of hydrogen-bond acceptors (Lipinski definition) is 6. The van der Waals surface area contributed by atoms with Crippen LogP contribution in [0.5, 0.6) is 0 Å². The second-order valence-electron chi connectivity index (χ2n) is 5.02. The molecule has 0 unspecified atom stereocenters. The molecule has 1 aliphatic heterocycles. The monoisotopic (exact) mass is 309 g/mol. The summed E-state index contributed by atoms with van der Waals surface area (Å²) in [4.78, 5) is 2.87. The van der Waals surface area contributed by atoms with Crippen LogP contribution in [0.2, 0.25) is 0 Å². The number of thioether (sulfide) groups is 1. The fourth-order valence-electron chi connectivity index (χ4n) is 2.20. The standard InChI is InChI=1S/C13H15N3S3/c1-2-9(1)14-6-12-15-16-13(19-12)11-5-8-7-17-4-3-10(8)18-11/h5,9,14H,1-4,6-7H2. The van der Waals surface area contributed by atoms with Crippen LogP contribution in [-0.2, 0) is 18.7 Å². The number of aryl methyl sites for hydroxylation is 1. The van der Waals surface area contributed by atoms with E-state index in [1.807, 2.05) is 23.1 Å². The highest BCUT2D eigenvalue weighted by Crippen LogP contribution is 2.37. The van der Waals surface area contributed by atoms with Gasteiger partial charge in [0.1, 0.15) is 5.01 Å². The molecule has 1 fully saturated rings. The van der Waals surface area contributed by atoms with Gasteiger partial charge in [0.15, 0.2) is 5.01 Å². The summed E-state index contributed by atoms with van der Waals surface area (Å²) in [5.41, 5.74) is 1.52. The van der Waals surface area contributed by atoms with Crippen molar-refractivity contribution in [2.45, 2.75) is 37.6 Å². The summed E-state index contributed by atoms with van der Waals surface area (Å²) in [6.07, 6.45) is 3.86. The Hall–Kier alpha value is -0.430. The van der Waals surface area contributed by atoms with Crippen molar-refractivity contribution in [3.05, 3.63) is 21.5 Å². The van der Waals surface area contributed by atoms with Crippen LogP contribution in [-0.4, -0.2) is 22.0 Å². The van der Waals surface area contributed by atoms with Crippen molar-refractivity contribution < 1.29 is 0 Å². The molecule has 19 heavy (non-hydrogen) atoms. The molecule has 0 bridgehead atoms. The highest BCUT2D eigenvalue weighted by molar-refractivity contribution is 7.98. The van der Waals surface area contributed by atoms with Crippen molar-refractivity contribution in [1.82, 2.24) is 15.5 Å². The summed E-state index contributed by atoms with van der Waals surface area (Å²) in [5.74, 6) is 2.43. The van der Waals surface area contributed by atoms with E-state index in [2.05, 4.69) is 21.6 Å². The second kappa shape index (κ2) is 5.16. The molecule has 1 N–H and O–H groups in total. The summed E-state index contributed by atoms with van der Waals surface area (Å²) in [6, 6.07) is 3.06. The Morgan fingerprint density at radius 2 is 2.21 bits per heavy atom. The lowest BCUT2D eigenvalue weighted by molar-refractivity contribution is 0.679. The Balaban J connectivity index is 1.52. The first-order valence-corrected chi connectivity index (χ1v) is 9.43. The van der Waals surface area contributed by atoms with E-state index < -0.39 is 0 Å². The third kappa shape index (κ3) is 2.72. The van der Waals surface area contributed by atoms with Crippen molar-refractivity contribution in [1.29, 1.82) is 0 Å². The first-order valence-electron chi connectivity index (χ1n) is 6.64. The van der Waals surface area contributed by atoms with E-state index in [1.165, 1.54) is 41.2 Å². The molecule has 2 aliphatic rings. The molecule has 100 valence electrons. The molecule has 3 nitrogen and oxygen atoms in total. The van der Waals surface area contributed by atoms with Crippen molar-refractivity contribution in [3.8, 4) is 9.88 Å². The average Bonchev–Trinajstić information content (AvgIpc) is 2.99. The normalized spacial score (nSPS) is 18.5. The van der Waals surface area contributed by atoms with Gasteiger partial charge < -0.3 is 5.32 Å². The molecule has 6 heteroatoms. The first kappa shape index (κ1) is 12.3. The number of nitrogens with one attached hydrogen (secondary N) is 1. The molecular formula is C13H15N3S3. The van der Waals surface area contributed by atoms with Gasteiger partial charge >= 0.3 is 0 Å². The molecule has 0 radical (unpaired) electrons. The van der Waals surface area contributed by atoms with Gasteiger partial charge in [0.2, 0.25) is 0 Å². The summed E-state index contributed by atoms with van der Waals surface area (Å²) < 4.78 is 0. The van der Waals surface area contributed by atoms with Crippen LogP contribution in [0.25, 0.3) is 9.88 Å². The number of thiophene rings is 1. The molecule has 0 spiro atoms. The Labute approximate surface area is 124 Å². The molecule has 3 heterocycles. The maximum Gasteiger partial charge on any atom is 0.157 e.